The van der Waals surface area contributed by atoms with E-state index in [1.165, 1.54) is 5.39 Å². The van der Waals surface area contributed by atoms with E-state index in [1.54, 1.807) is 18.8 Å². The number of nitrogens with one attached hydrogen (secondary N) is 1. The van der Waals surface area contributed by atoms with Crippen molar-refractivity contribution in [3.8, 4) is 0 Å². The van der Waals surface area contributed by atoms with Crippen LogP contribution in [0.3, 0.4) is 0 Å². The molecular formula is C16H13BrN4OS. The Balaban J connectivity index is 1.99. The van der Waals surface area contributed by atoms with Crippen molar-refractivity contribution in [1.82, 2.24) is 19.5 Å². The number of benzene rings is 1. The van der Waals surface area contributed by atoms with Gasteiger partial charge in [-0.05, 0) is 18.2 Å². The highest BCUT2D eigenvalue weighted by atomic mass is 79.9. The molecule has 0 saturated heterocycles. The summed E-state index contributed by atoms with van der Waals surface area (Å²) in [7, 11) is -1.12. The fraction of sp³-hybridized carbons (Fsp3) is 0.125. The lowest BCUT2D eigenvalue weighted by molar-refractivity contribution is 0.682. The molecule has 4 rings (SSSR count). The molecule has 0 radical (unpaired) electrons. The second kappa shape index (κ2) is 5.58. The van der Waals surface area contributed by atoms with Gasteiger partial charge in [-0.15, -0.1) is 0 Å². The van der Waals surface area contributed by atoms with Crippen molar-refractivity contribution in [2.75, 3.05) is 6.26 Å². The van der Waals surface area contributed by atoms with Crippen LogP contribution in [0.15, 0.2) is 52.5 Å². The molecule has 116 valence electrons. The predicted octanol–water partition coefficient (Wildman–Crippen LogP) is 3.46. The average Bonchev–Trinajstić information content (AvgIpc) is 3.12. The Morgan fingerprint density at radius 3 is 2.91 bits per heavy atom. The second-order valence-electron chi connectivity index (χ2n) is 5.28. The smallest absolute Gasteiger partial charge is 0.149 e. The zero-order valence-corrected chi connectivity index (χ0v) is 14.7. The molecule has 3 heterocycles. The molecule has 1 unspecified atom stereocenters. The van der Waals surface area contributed by atoms with Crippen LogP contribution < -0.4 is 0 Å². The molecule has 3 aromatic heterocycles. The summed E-state index contributed by atoms with van der Waals surface area (Å²) < 4.78 is 15.0. The third kappa shape index (κ3) is 2.40. The summed E-state index contributed by atoms with van der Waals surface area (Å²) >= 11 is 3.54. The van der Waals surface area contributed by atoms with Crippen molar-refractivity contribution in [3.63, 3.8) is 0 Å². The zero-order valence-electron chi connectivity index (χ0n) is 12.3. The Morgan fingerprint density at radius 1 is 1.26 bits per heavy atom. The van der Waals surface area contributed by atoms with Gasteiger partial charge in [-0.3, -0.25) is 9.19 Å². The average molecular weight is 389 g/mol. The van der Waals surface area contributed by atoms with Crippen molar-refractivity contribution >= 4 is 48.5 Å². The Labute approximate surface area is 143 Å². The van der Waals surface area contributed by atoms with Crippen molar-refractivity contribution in [2.45, 2.75) is 11.6 Å². The molecule has 0 saturated carbocycles. The van der Waals surface area contributed by atoms with Gasteiger partial charge in [0.1, 0.15) is 5.03 Å². The standard InChI is InChI=1S/C16H13BrN4OS/c1-23(22)16-13(19-9-20-16)8-21-14-6-10(17)2-3-11(14)12-4-5-18-7-15(12)21/h2-7,9H,8H2,1H3,(H,19,20). The fourth-order valence-electron chi connectivity index (χ4n) is 2.91. The van der Waals surface area contributed by atoms with Crippen LogP contribution in [-0.4, -0.2) is 30.0 Å². The van der Waals surface area contributed by atoms with Gasteiger partial charge >= 0.3 is 0 Å². The predicted molar refractivity (Wildman–Crippen MR) is 95.0 cm³/mol. The highest BCUT2D eigenvalue weighted by Crippen LogP contribution is 2.31. The number of halogens is 1. The maximum Gasteiger partial charge on any atom is 0.149 e. The molecule has 7 heteroatoms. The number of H-pyrrole nitrogens is 1. The number of fused-ring (bicyclic) bond motifs is 3. The van der Waals surface area contributed by atoms with Gasteiger partial charge in [0.15, 0.2) is 0 Å². The maximum atomic E-state index is 11.8. The van der Waals surface area contributed by atoms with Gasteiger partial charge in [0.05, 0.1) is 46.6 Å². The van der Waals surface area contributed by atoms with E-state index in [2.05, 4.69) is 47.6 Å². The van der Waals surface area contributed by atoms with Crippen LogP contribution >= 0.6 is 15.9 Å². The summed E-state index contributed by atoms with van der Waals surface area (Å²) in [5.74, 6) is 0. The number of rotatable bonds is 3. The summed E-state index contributed by atoms with van der Waals surface area (Å²) in [6.07, 6.45) is 6.90. The molecular weight excluding hydrogens is 376 g/mol. The van der Waals surface area contributed by atoms with E-state index in [0.29, 0.717) is 11.6 Å². The minimum atomic E-state index is -1.12. The van der Waals surface area contributed by atoms with Crippen LogP contribution in [0.2, 0.25) is 0 Å². The molecule has 0 spiro atoms. The molecule has 0 bridgehead atoms. The van der Waals surface area contributed by atoms with Crippen molar-refractivity contribution in [1.29, 1.82) is 0 Å². The van der Waals surface area contributed by atoms with E-state index >= 15 is 0 Å². The topological polar surface area (TPSA) is 63.6 Å². The van der Waals surface area contributed by atoms with Gasteiger partial charge in [-0.1, -0.05) is 22.0 Å². The Morgan fingerprint density at radius 2 is 2.09 bits per heavy atom. The van der Waals surface area contributed by atoms with E-state index < -0.39 is 10.8 Å². The molecule has 5 nitrogen and oxygen atoms in total. The number of hydrogen-bond acceptors (Lipinski definition) is 3. The van der Waals surface area contributed by atoms with Crippen LogP contribution in [0.25, 0.3) is 21.8 Å². The molecule has 1 atom stereocenters. The summed E-state index contributed by atoms with van der Waals surface area (Å²) in [5, 5.41) is 2.92. The quantitative estimate of drug-likeness (QED) is 0.584. The number of imidazole rings is 1. The Bertz CT molecular complexity index is 1050. The Kier molecular flexibility index (Phi) is 3.54. The van der Waals surface area contributed by atoms with Crippen molar-refractivity contribution < 1.29 is 4.21 Å². The molecule has 0 aliphatic carbocycles. The third-order valence-electron chi connectivity index (χ3n) is 3.90. The van der Waals surface area contributed by atoms with Crippen molar-refractivity contribution in [2.24, 2.45) is 0 Å². The highest BCUT2D eigenvalue weighted by molar-refractivity contribution is 9.10. The Hall–Kier alpha value is -1.99. The van der Waals surface area contributed by atoms with E-state index in [9.17, 15) is 4.21 Å². The first-order valence-corrected chi connectivity index (χ1v) is 9.37. The molecule has 1 aromatic carbocycles. The summed E-state index contributed by atoms with van der Waals surface area (Å²) in [6, 6.07) is 8.25. The minimum Gasteiger partial charge on any atom is -0.346 e. The van der Waals surface area contributed by atoms with Gasteiger partial charge in [0, 0.05) is 27.7 Å². The number of pyridine rings is 1. The molecule has 1 N–H and O–H groups in total. The summed E-state index contributed by atoms with van der Waals surface area (Å²) in [6.45, 7) is 0.567. The van der Waals surface area contributed by atoms with Gasteiger partial charge in [-0.2, -0.15) is 0 Å². The number of hydrogen-bond donors (Lipinski definition) is 1. The minimum absolute atomic E-state index is 0.567. The molecule has 0 amide bonds. The molecule has 0 fully saturated rings. The van der Waals surface area contributed by atoms with E-state index in [4.69, 9.17) is 0 Å². The SMILES string of the molecule is CS(=O)c1nc[nH]c1Cn1c2cnccc2c2ccc(Br)cc21. The van der Waals surface area contributed by atoms with E-state index in [0.717, 1.165) is 26.6 Å². The lowest BCUT2D eigenvalue weighted by atomic mass is 10.2. The number of aromatic amines is 1. The highest BCUT2D eigenvalue weighted by Gasteiger charge is 2.15. The molecule has 23 heavy (non-hydrogen) atoms. The zero-order chi connectivity index (χ0) is 16.0. The summed E-state index contributed by atoms with van der Waals surface area (Å²) in [5.41, 5.74) is 3.00. The molecule has 0 aliphatic heterocycles. The second-order valence-corrected chi connectivity index (χ2v) is 7.49. The van der Waals surface area contributed by atoms with E-state index in [-0.39, 0.29) is 0 Å². The normalized spacial score (nSPS) is 13.0. The van der Waals surface area contributed by atoms with Gasteiger partial charge in [0.2, 0.25) is 0 Å². The monoisotopic (exact) mass is 388 g/mol. The summed E-state index contributed by atoms with van der Waals surface area (Å²) in [4.78, 5) is 11.6. The number of aromatic nitrogens is 4. The third-order valence-corrected chi connectivity index (χ3v) is 5.29. The van der Waals surface area contributed by atoms with Crippen LogP contribution in [0.5, 0.6) is 0 Å². The molecule has 4 aromatic rings. The molecule has 0 aliphatic rings. The fourth-order valence-corrected chi connectivity index (χ4v) is 3.93. The van der Waals surface area contributed by atoms with E-state index in [1.807, 2.05) is 18.3 Å². The largest absolute Gasteiger partial charge is 0.346 e. The van der Waals surface area contributed by atoms with Gasteiger partial charge in [0.25, 0.3) is 0 Å². The number of nitrogens with zero attached hydrogens (tertiary/aromatic N) is 3. The van der Waals surface area contributed by atoms with Crippen molar-refractivity contribution in [3.05, 3.63) is 53.2 Å². The first-order chi connectivity index (χ1) is 11.1. The van der Waals surface area contributed by atoms with Crippen LogP contribution in [-0.2, 0) is 17.3 Å². The van der Waals surface area contributed by atoms with Crippen LogP contribution in [0.4, 0.5) is 0 Å². The lowest BCUT2D eigenvalue weighted by Gasteiger charge is -2.07. The lowest BCUT2D eigenvalue weighted by Crippen LogP contribution is -2.04. The van der Waals surface area contributed by atoms with Gasteiger partial charge in [-0.25, -0.2) is 4.98 Å². The van der Waals surface area contributed by atoms with Crippen LogP contribution in [0.1, 0.15) is 5.69 Å². The van der Waals surface area contributed by atoms with Gasteiger partial charge < -0.3 is 9.55 Å². The van der Waals surface area contributed by atoms with Crippen LogP contribution in [0, 0.1) is 0 Å². The first-order valence-electron chi connectivity index (χ1n) is 7.02. The maximum absolute atomic E-state index is 11.8. The first kappa shape index (κ1) is 14.6.